The van der Waals surface area contributed by atoms with E-state index in [2.05, 4.69) is 0 Å². The number of hydrogen-bond donors (Lipinski definition) is 3. The van der Waals surface area contributed by atoms with Crippen molar-refractivity contribution < 1.29 is 24.9 Å². The lowest BCUT2D eigenvalue weighted by Crippen LogP contribution is -2.14. The first kappa shape index (κ1) is 18.8. The third kappa shape index (κ3) is 3.02. The van der Waals surface area contributed by atoms with Gasteiger partial charge in [-0.2, -0.15) is 0 Å². The summed E-state index contributed by atoms with van der Waals surface area (Å²) in [6.07, 6.45) is 0. The molecule has 0 aliphatic carbocycles. The smallest absolute Gasteiger partial charge is 0.338 e. The predicted molar refractivity (Wildman–Crippen MR) is 102 cm³/mol. The second-order valence-corrected chi connectivity index (χ2v) is 6.64. The van der Waals surface area contributed by atoms with E-state index in [4.69, 9.17) is 11.6 Å². The minimum absolute atomic E-state index is 0.0897. The number of aromatic hydroxyl groups is 1. The van der Waals surface area contributed by atoms with Crippen molar-refractivity contribution >= 4 is 34.4 Å². The highest BCUT2D eigenvalue weighted by atomic mass is 35.5. The average Bonchev–Trinajstić information content (AvgIpc) is 2.90. The van der Waals surface area contributed by atoms with E-state index in [1.165, 1.54) is 18.2 Å². The zero-order valence-electron chi connectivity index (χ0n) is 14.7. The molecule has 2 aromatic carbocycles. The fraction of sp³-hybridized carbons (Fsp3) is 0.200. The summed E-state index contributed by atoms with van der Waals surface area (Å²) in [6.45, 7) is 4.16. The van der Waals surface area contributed by atoms with Crippen LogP contribution in [0.1, 0.15) is 40.0 Å². The van der Waals surface area contributed by atoms with Crippen molar-refractivity contribution in [1.82, 2.24) is 4.57 Å². The van der Waals surface area contributed by atoms with Crippen molar-refractivity contribution in [1.29, 1.82) is 0 Å². The number of benzene rings is 2. The fourth-order valence-corrected chi connectivity index (χ4v) is 3.74. The van der Waals surface area contributed by atoms with Gasteiger partial charge in [0.15, 0.2) is 0 Å². The van der Waals surface area contributed by atoms with Gasteiger partial charge in [-0.3, -0.25) is 4.79 Å². The Bertz CT molecular complexity index is 1070. The molecule has 3 aromatic rings. The van der Waals surface area contributed by atoms with Crippen LogP contribution < -0.4 is 0 Å². The van der Waals surface area contributed by atoms with E-state index in [0.717, 1.165) is 0 Å². The molecule has 0 amide bonds. The molecule has 140 valence electrons. The molecule has 1 atom stereocenters. The van der Waals surface area contributed by atoms with Crippen LogP contribution in [0.2, 0.25) is 5.02 Å². The number of carbonyl (C=O) groups is 2. The Hall–Kier alpha value is -2.99. The molecule has 7 heteroatoms. The van der Waals surface area contributed by atoms with E-state index >= 15 is 0 Å². The Labute approximate surface area is 160 Å². The van der Waals surface area contributed by atoms with Crippen LogP contribution >= 0.6 is 11.6 Å². The molecule has 1 heterocycles. The number of aliphatic carboxylic acids is 1. The molecule has 6 nitrogen and oxygen atoms in total. The minimum atomic E-state index is -1.15. The summed E-state index contributed by atoms with van der Waals surface area (Å²) in [4.78, 5) is 24.0. The van der Waals surface area contributed by atoms with Crippen LogP contribution in [0.4, 0.5) is 0 Å². The number of aromatic carboxylic acids is 1. The van der Waals surface area contributed by atoms with Gasteiger partial charge in [0.1, 0.15) is 11.7 Å². The largest absolute Gasteiger partial charge is 0.506 e. The van der Waals surface area contributed by atoms with Crippen molar-refractivity contribution in [3.63, 3.8) is 0 Å². The number of carboxylic acid groups (broad SMARTS) is 2. The number of fused-ring (bicyclic) bond motifs is 1. The molecule has 0 aliphatic rings. The highest BCUT2D eigenvalue weighted by Gasteiger charge is 2.29. The van der Waals surface area contributed by atoms with Gasteiger partial charge in [0, 0.05) is 23.1 Å². The van der Waals surface area contributed by atoms with Crippen LogP contribution in [0.5, 0.6) is 5.75 Å². The first-order valence-corrected chi connectivity index (χ1v) is 8.71. The van der Waals surface area contributed by atoms with Gasteiger partial charge in [-0.25, -0.2) is 4.79 Å². The first-order valence-electron chi connectivity index (χ1n) is 8.34. The average molecular weight is 388 g/mol. The second kappa shape index (κ2) is 6.96. The van der Waals surface area contributed by atoms with Gasteiger partial charge in [-0.15, -0.1) is 0 Å². The molecule has 0 radical (unpaired) electrons. The molecule has 3 rings (SSSR count). The lowest BCUT2D eigenvalue weighted by atomic mass is 9.88. The van der Waals surface area contributed by atoms with E-state index in [9.17, 15) is 24.9 Å². The zero-order chi connectivity index (χ0) is 19.9. The molecular weight excluding hydrogens is 370 g/mol. The summed E-state index contributed by atoms with van der Waals surface area (Å²) in [5.41, 5.74) is 1.99. The van der Waals surface area contributed by atoms with Crippen LogP contribution in [0, 0.1) is 6.92 Å². The van der Waals surface area contributed by atoms with Crippen LogP contribution in [0.25, 0.3) is 10.9 Å². The lowest BCUT2D eigenvalue weighted by molar-refractivity contribution is -0.137. The summed E-state index contributed by atoms with van der Waals surface area (Å²) in [5.74, 6) is -3.64. The number of aryl methyl sites for hydroxylation is 1. The number of rotatable bonds is 5. The first-order chi connectivity index (χ1) is 12.8. The maximum Gasteiger partial charge on any atom is 0.338 e. The van der Waals surface area contributed by atoms with Crippen LogP contribution in [-0.4, -0.2) is 31.8 Å². The Balaban J connectivity index is 2.38. The molecule has 0 bridgehead atoms. The van der Waals surface area contributed by atoms with Crippen molar-refractivity contribution in [2.45, 2.75) is 26.3 Å². The maximum absolute atomic E-state index is 12.1. The van der Waals surface area contributed by atoms with E-state index in [1.807, 2.05) is 11.5 Å². The SMILES string of the molecule is CCn1c(C)c(C(=O)O)c2c(C(C(=O)O)c3ccc(Cl)c(O)c3)cccc21. The number of halogens is 1. The van der Waals surface area contributed by atoms with Crippen molar-refractivity contribution in [3.05, 3.63) is 63.8 Å². The molecule has 27 heavy (non-hydrogen) atoms. The highest BCUT2D eigenvalue weighted by Crippen LogP contribution is 2.38. The molecule has 0 saturated carbocycles. The predicted octanol–water partition coefficient (Wildman–Crippen LogP) is 4.24. The highest BCUT2D eigenvalue weighted by molar-refractivity contribution is 6.32. The van der Waals surface area contributed by atoms with Crippen molar-refractivity contribution in [3.8, 4) is 5.75 Å². The molecule has 0 fully saturated rings. The zero-order valence-corrected chi connectivity index (χ0v) is 15.5. The van der Waals surface area contributed by atoms with Gasteiger partial charge in [-0.05, 0) is 43.2 Å². The third-order valence-electron chi connectivity index (χ3n) is 4.77. The quantitative estimate of drug-likeness (QED) is 0.608. The van der Waals surface area contributed by atoms with E-state index in [-0.39, 0.29) is 16.3 Å². The molecule has 1 aromatic heterocycles. The summed E-state index contributed by atoms with van der Waals surface area (Å²) in [7, 11) is 0. The second-order valence-electron chi connectivity index (χ2n) is 6.23. The summed E-state index contributed by atoms with van der Waals surface area (Å²) < 4.78 is 1.85. The Morgan fingerprint density at radius 3 is 2.44 bits per heavy atom. The van der Waals surface area contributed by atoms with Crippen LogP contribution in [0.15, 0.2) is 36.4 Å². The van der Waals surface area contributed by atoms with Gasteiger partial charge in [0.05, 0.1) is 10.6 Å². The van der Waals surface area contributed by atoms with Gasteiger partial charge >= 0.3 is 11.9 Å². The van der Waals surface area contributed by atoms with Gasteiger partial charge < -0.3 is 19.9 Å². The number of carboxylic acids is 2. The topological polar surface area (TPSA) is 99.8 Å². The van der Waals surface area contributed by atoms with Crippen molar-refractivity contribution in [2.24, 2.45) is 0 Å². The summed E-state index contributed by atoms with van der Waals surface area (Å²) in [6, 6.07) is 9.33. The normalized spacial score (nSPS) is 12.3. The summed E-state index contributed by atoms with van der Waals surface area (Å²) in [5, 5.41) is 30.0. The molecule has 0 saturated heterocycles. The number of aromatic nitrogens is 1. The summed E-state index contributed by atoms with van der Waals surface area (Å²) >= 11 is 5.84. The van der Waals surface area contributed by atoms with Crippen molar-refractivity contribution in [2.75, 3.05) is 0 Å². The molecule has 0 spiro atoms. The van der Waals surface area contributed by atoms with Gasteiger partial charge in [0.25, 0.3) is 0 Å². The minimum Gasteiger partial charge on any atom is -0.506 e. The van der Waals surface area contributed by atoms with Gasteiger partial charge in [0.2, 0.25) is 0 Å². The maximum atomic E-state index is 12.1. The molecule has 3 N–H and O–H groups in total. The van der Waals surface area contributed by atoms with Crippen LogP contribution in [-0.2, 0) is 11.3 Å². The standard InChI is InChI=1S/C20H18ClNO5/c1-3-22-10(2)16(19(24)25)18-12(5-4-6-14(18)22)17(20(26)27)11-7-8-13(21)15(23)9-11/h4-9,17,23H,3H2,1-2H3,(H,24,25)(H,26,27). The lowest BCUT2D eigenvalue weighted by Gasteiger charge is -2.16. The fourth-order valence-electron chi connectivity index (χ4n) is 3.63. The van der Waals surface area contributed by atoms with E-state index < -0.39 is 17.9 Å². The monoisotopic (exact) mass is 387 g/mol. The Morgan fingerprint density at radius 1 is 1.19 bits per heavy atom. The Kier molecular flexibility index (Phi) is 4.85. The van der Waals surface area contributed by atoms with Crippen LogP contribution in [0.3, 0.4) is 0 Å². The Morgan fingerprint density at radius 2 is 1.89 bits per heavy atom. The van der Waals surface area contributed by atoms with E-state index in [0.29, 0.717) is 34.3 Å². The number of phenols is 1. The van der Waals surface area contributed by atoms with Gasteiger partial charge in [-0.1, -0.05) is 29.8 Å². The molecule has 1 unspecified atom stereocenters. The number of hydrogen-bond acceptors (Lipinski definition) is 3. The van der Waals surface area contributed by atoms with E-state index in [1.54, 1.807) is 25.1 Å². The number of phenolic OH excluding ortho intramolecular Hbond substituents is 1. The molecular formula is C20H18ClNO5. The molecule has 0 aliphatic heterocycles. The third-order valence-corrected chi connectivity index (χ3v) is 5.09. The number of nitrogens with zero attached hydrogens (tertiary/aromatic N) is 1.